The fraction of sp³-hybridized carbons (Fsp3) is 0.259. The van der Waals surface area contributed by atoms with Crippen LogP contribution in [0.25, 0.3) is 0 Å². The summed E-state index contributed by atoms with van der Waals surface area (Å²) in [7, 11) is 0. The van der Waals surface area contributed by atoms with E-state index >= 15 is 0 Å². The van der Waals surface area contributed by atoms with Gasteiger partial charge < -0.3 is 14.8 Å². The molecule has 1 aliphatic rings. The van der Waals surface area contributed by atoms with Crippen LogP contribution in [0.4, 0.5) is 5.00 Å². The van der Waals surface area contributed by atoms with Gasteiger partial charge in [0.15, 0.2) is 11.5 Å². The van der Waals surface area contributed by atoms with Gasteiger partial charge in [0.2, 0.25) is 0 Å². The highest BCUT2D eigenvalue weighted by molar-refractivity contribution is 7.16. The number of aryl methyl sites for hydroxylation is 1. The Hall–Kier alpha value is -3.87. The van der Waals surface area contributed by atoms with Gasteiger partial charge in [-0.25, -0.2) is 5.43 Å². The predicted molar refractivity (Wildman–Crippen MR) is 143 cm³/mol. The number of carbonyl (C=O) groups is 2. The van der Waals surface area contributed by atoms with Crippen LogP contribution in [0.5, 0.6) is 11.5 Å². The Morgan fingerprint density at radius 3 is 2.65 bits per heavy atom. The maximum atomic E-state index is 12.4. The van der Waals surface area contributed by atoms with Crippen LogP contribution >= 0.6 is 22.9 Å². The molecular formula is C27H25ClN4O4S. The van der Waals surface area contributed by atoms with Crippen molar-refractivity contribution in [1.29, 1.82) is 5.26 Å². The van der Waals surface area contributed by atoms with Crippen LogP contribution in [0, 0.1) is 11.3 Å². The van der Waals surface area contributed by atoms with E-state index in [-0.39, 0.29) is 0 Å². The molecule has 0 bridgehead atoms. The van der Waals surface area contributed by atoms with Crippen LogP contribution in [0.15, 0.2) is 47.6 Å². The highest BCUT2D eigenvalue weighted by atomic mass is 35.5. The molecule has 0 unspecified atom stereocenters. The molecule has 0 fully saturated rings. The van der Waals surface area contributed by atoms with Crippen molar-refractivity contribution in [3.63, 3.8) is 0 Å². The average molecular weight is 537 g/mol. The van der Waals surface area contributed by atoms with Crippen molar-refractivity contribution in [1.82, 2.24) is 5.43 Å². The zero-order valence-corrected chi connectivity index (χ0v) is 21.7. The lowest BCUT2D eigenvalue weighted by atomic mass is 9.96. The number of nitriles is 1. The summed E-state index contributed by atoms with van der Waals surface area (Å²) in [4.78, 5) is 25.8. The minimum Gasteiger partial charge on any atom is -0.490 e. The van der Waals surface area contributed by atoms with E-state index in [1.165, 1.54) is 17.6 Å². The minimum atomic E-state index is -0.931. The van der Waals surface area contributed by atoms with Crippen LogP contribution in [-0.2, 0) is 29.0 Å². The molecule has 1 heterocycles. The Bertz CT molecular complexity index is 1360. The minimum absolute atomic E-state index is 0.344. The Labute approximate surface area is 223 Å². The molecule has 3 aromatic rings. The first kappa shape index (κ1) is 26.2. The summed E-state index contributed by atoms with van der Waals surface area (Å²) in [6, 6.07) is 14.8. The number of anilines is 1. The summed E-state index contributed by atoms with van der Waals surface area (Å²) in [5.41, 5.74) is 5.26. The van der Waals surface area contributed by atoms with Gasteiger partial charge in [-0.1, -0.05) is 23.7 Å². The normalized spacial score (nSPS) is 12.5. The zero-order valence-electron chi connectivity index (χ0n) is 20.2. The van der Waals surface area contributed by atoms with E-state index in [1.807, 2.05) is 19.1 Å². The van der Waals surface area contributed by atoms with Crippen LogP contribution in [-0.4, -0.2) is 24.6 Å². The lowest BCUT2D eigenvalue weighted by molar-refractivity contribution is -0.136. The molecule has 0 saturated carbocycles. The number of carbonyl (C=O) groups excluding carboxylic acids is 2. The highest BCUT2D eigenvalue weighted by Crippen LogP contribution is 2.37. The standard InChI is InChI=1S/C27H25ClN4O4S/c1-2-35-23-13-18(9-12-22(23)36-16-17-7-10-19(28)11-8-17)15-30-32-26(34)25(33)31-27-21(14-29)20-5-3-4-6-24(20)37-27/h7-13,15H,2-6,16H2,1H3,(H,31,33)(H,32,34)/b30-15-. The van der Waals surface area contributed by atoms with E-state index in [0.29, 0.717) is 45.9 Å². The third-order valence-corrected chi connectivity index (χ3v) is 7.13. The van der Waals surface area contributed by atoms with Crippen molar-refractivity contribution in [3.05, 3.63) is 74.6 Å². The van der Waals surface area contributed by atoms with Crippen molar-refractivity contribution >= 4 is 46.0 Å². The van der Waals surface area contributed by atoms with E-state index in [2.05, 4.69) is 21.9 Å². The molecule has 10 heteroatoms. The molecule has 1 aliphatic carbocycles. The fourth-order valence-corrected chi connectivity index (χ4v) is 5.24. The molecule has 0 spiro atoms. The maximum absolute atomic E-state index is 12.4. The first-order valence-corrected chi connectivity index (χ1v) is 13.0. The fourth-order valence-electron chi connectivity index (χ4n) is 3.88. The zero-order chi connectivity index (χ0) is 26.2. The van der Waals surface area contributed by atoms with Gasteiger partial charge in [0.1, 0.15) is 17.7 Å². The molecule has 0 radical (unpaired) electrons. The number of rotatable bonds is 8. The van der Waals surface area contributed by atoms with Crippen molar-refractivity contribution in [2.24, 2.45) is 5.10 Å². The summed E-state index contributed by atoms with van der Waals surface area (Å²) in [6.45, 7) is 2.65. The van der Waals surface area contributed by atoms with Crippen molar-refractivity contribution in [2.75, 3.05) is 11.9 Å². The van der Waals surface area contributed by atoms with Crippen LogP contribution in [0.1, 0.15) is 46.9 Å². The number of hydrazone groups is 1. The lowest BCUT2D eigenvalue weighted by Gasteiger charge is -2.12. The van der Waals surface area contributed by atoms with Gasteiger partial charge >= 0.3 is 11.8 Å². The van der Waals surface area contributed by atoms with E-state index in [9.17, 15) is 14.9 Å². The van der Waals surface area contributed by atoms with Gasteiger partial charge in [0.25, 0.3) is 0 Å². The number of hydrogen-bond donors (Lipinski definition) is 2. The number of benzene rings is 2. The number of hydrogen-bond acceptors (Lipinski definition) is 7. The first-order valence-electron chi connectivity index (χ1n) is 11.8. The van der Waals surface area contributed by atoms with E-state index < -0.39 is 11.8 Å². The number of halogens is 1. The summed E-state index contributed by atoms with van der Waals surface area (Å²) >= 11 is 7.29. The molecule has 4 rings (SSSR count). The summed E-state index contributed by atoms with van der Waals surface area (Å²) in [6.07, 6.45) is 5.18. The van der Waals surface area contributed by atoms with E-state index in [1.54, 1.807) is 30.3 Å². The monoisotopic (exact) mass is 536 g/mol. The molecule has 2 N–H and O–H groups in total. The smallest absolute Gasteiger partial charge is 0.329 e. The molecule has 0 atom stereocenters. The van der Waals surface area contributed by atoms with Crippen molar-refractivity contribution in [3.8, 4) is 17.6 Å². The van der Waals surface area contributed by atoms with Gasteiger partial charge in [-0.05, 0) is 79.6 Å². The molecule has 0 saturated heterocycles. The summed E-state index contributed by atoms with van der Waals surface area (Å²) in [5.74, 6) is -0.729. The van der Waals surface area contributed by atoms with Crippen LogP contribution < -0.4 is 20.2 Å². The second-order valence-electron chi connectivity index (χ2n) is 8.23. The van der Waals surface area contributed by atoms with E-state index in [0.717, 1.165) is 41.7 Å². The number of thiophene rings is 1. The lowest BCUT2D eigenvalue weighted by Crippen LogP contribution is -2.32. The van der Waals surface area contributed by atoms with Gasteiger partial charge in [0, 0.05) is 9.90 Å². The first-order chi connectivity index (χ1) is 18.0. The van der Waals surface area contributed by atoms with Gasteiger partial charge in [-0.2, -0.15) is 10.4 Å². The number of ether oxygens (including phenoxy) is 2. The van der Waals surface area contributed by atoms with Crippen LogP contribution in [0.2, 0.25) is 5.02 Å². The number of nitrogens with one attached hydrogen (secondary N) is 2. The Morgan fingerprint density at radius 2 is 1.89 bits per heavy atom. The quantitative estimate of drug-likeness (QED) is 0.233. The topological polar surface area (TPSA) is 113 Å². The second-order valence-corrected chi connectivity index (χ2v) is 9.78. The number of nitrogens with zero attached hydrogens (tertiary/aromatic N) is 2. The summed E-state index contributed by atoms with van der Waals surface area (Å²) in [5, 5.41) is 17.0. The maximum Gasteiger partial charge on any atom is 0.329 e. The molecule has 190 valence electrons. The summed E-state index contributed by atoms with van der Waals surface area (Å²) < 4.78 is 11.6. The predicted octanol–water partition coefficient (Wildman–Crippen LogP) is 5.22. The SMILES string of the molecule is CCOc1cc(/C=N\NC(=O)C(=O)Nc2sc3c(c2C#N)CCCC3)ccc1OCc1ccc(Cl)cc1. The molecule has 8 nitrogen and oxygen atoms in total. The Balaban J connectivity index is 1.36. The average Bonchev–Trinajstić information content (AvgIpc) is 3.26. The molecule has 2 aromatic carbocycles. The second kappa shape index (κ2) is 12.4. The Kier molecular flexibility index (Phi) is 8.77. The van der Waals surface area contributed by atoms with Crippen LogP contribution in [0.3, 0.4) is 0 Å². The third-order valence-electron chi connectivity index (χ3n) is 5.67. The molecule has 2 amide bonds. The highest BCUT2D eigenvalue weighted by Gasteiger charge is 2.23. The van der Waals surface area contributed by atoms with Gasteiger partial charge in [0.05, 0.1) is 18.4 Å². The van der Waals surface area contributed by atoms with Gasteiger partial charge in [-0.3, -0.25) is 9.59 Å². The van der Waals surface area contributed by atoms with Crippen molar-refractivity contribution in [2.45, 2.75) is 39.2 Å². The third kappa shape index (κ3) is 6.67. The largest absolute Gasteiger partial charge is 0.490 e. The van der Waals surface area contributed by atoms with Crippen molar-refractivity contribution < 1.29 is 19.1 Å². The number of amides is 2. The molecule has 0 aliphatic heterocycles. The molecule has 37 heavy (non-hydrogen) atoms. The van der Waals surface area contributed by atoms with Gasteiger partial charge in [-0.15, -0.1) is 11.3 Å². The number of fused-ring (bicyclic) bond motifs is 1. The molecular weight excluding hydrogens is 512 g/mol. The Morgan fingerprint density at radius 1 is 1.11 bits per heavy atom. The van der Waals surface area contributed by atoms with E-state index in [4.69, 9.17) is 21.1 Å². The molecule has 1 aromatic heterocycles.